The fourth-order valence-electron chi connectivity index (χ4n) is 5.50. The molecule has 3 aromatic heterocycles. The summed E-state index contributed by atoms with van der Waals surface area (Å²) in [4.78, 5) is 19.6. The van der Waals surface area contributed by atoms with Crippen molar-refractivity contribution in [3.05, 3.63) is 78.9 Å². The first-order valence-electron chi connectivity index (χ1n) is 13.6. The number of nitrogens with zero attached hydrogens (tertiary/aromatic N) is 6. The van der Waals surface area contributed by atoms with E-state index in [-0.39, 0.29) is 0 Å². The lowest BCUT2D eigenvalue weighted by molar-refractivity contribution is 0.134. The number of nitrogens with two attached hydrogens (primary N) is 1. The Kier molecular flexibility index (Phi) is 6.79. The smallest absolute Gasteiger partial charge is 0.150 e. The molecule has 1 aliphatic rings. The highest BCUT2D eigenvalue weighted by Gasteiger charge is 2.22. The summed E-state index contributed by atoms with van der Waals surface area (Å²) in [5, 5.41) is 1.10. The van der Waals surface area contributed by atoms with Gasteiger partial charge in [-0.15, -0.1) is 0 Å². The number of pyridine rings is 1. The van der Waals surface area contributed by atoms with Crippen LogP contribution in [0, 0.1) is 5.92 Å². The average Bonchev–Trinajstić information content (AvgIpc) is 3.33. The van der Waals surface area contributed by atoms with Crippen molar-refractivity contribution in [2.24, 2.45) is 5.92 Å². The number of nitrogen functional groups attached to an aromatic ring is 1. The third kappa shape index (κ3) is 4.87. The van der Waals surface area contributed by atoms with Crippen molar-refractivity contribution in [3.8, 4) is 22.5 Å². The molecular formula is C31H35N7. The molecule has 7 heteroatoms. The molecule has 0 bridgehead atoms. The molecule has 0 unspecified atom stereocenters. The van der Waals surface area contributed by atoms with Gasteiger partial charge < -0.3 is 15.5 Å². The Bertz CT molecular complexity index is 1550. The number of hydrogen-bond acceptors (Lipinski definition) is 6. The molecule has 1 atom stereocenters. The second-order valence-corrected chi connectivity index (χ2v) is 10.5. The summed E-state index contributed by atoms with van der Waals surface area (Å²) < 4.78 is 2.14. The van der Waals surface area contributed by atoms with E-state index in [1.54, 1.807) is 6.20 Å². The molecule has 7 nitrogen and oxygen atoms in total. The van der Waals surface area contributed by atoms with Gasteiger partial charge in [0, 0.05) is 68.1 Å². The number of likely N-dealkylation sites (N-methyl/N-ethyl adjacent to an activating group) is 1. The molecule has 2 N–H and O–H groups in total. The molecule has 0 saturated carbocycles. The van der Waals surface area contributed by atoms with Gasteiger partial charge in [0.25, 0.3) is 0 Å². The van der Waals surface area contributed by atoms with E-state index in [0.29, 0.717) is 11.7 Å². The molecule has 0 radical (unpaired) electrons. The van der Waals surface area contributed by atoms with Gasteiger partial charge in [-0.1, -0.05) is 61.9 Å². The lowest BCUT2D eigenvalue weighted by Crippen LogP contribution is -2.46. The number of benzene rings is 2. The predicted molar refractivity (Wildman–Crippen MR) is 155 cm³/mol. The van der Waals surface area contributed by atoms with Crippen LogP contribution in [0.15, 0.2) is 73.1 Å². The van der Waals surface area contributed by atoms with Crippen LogP contribution >= 0.6 is 0 Å². The zero-order valence-electron chi connectivity index (χ0n) is 22.2. The van der Waals surface area contributed by atoms with E-state index in [9.17, 15) is 0 Å². The fourth-order valence-corrected chi connectivity index (χ4v) is 5.50. The maximum Gasteiger partial charge on any atom is 0.150 e. The molecule has 38 heavy (non-hydrogen) atoms. The van der Waals surface area contributed by atoms with Gasteiger partial charge in [-0.3, -0.25) is 4.40 Å². The maximum atomic E-state index is 6.45. The van der Waals surface area contributed by atoms with E-state index < -0.39 is 0 Å². The van der Waals surface area contributed by atoms with Crippen LogP contribution in [-0.4, -0.2) is 68.9 Å². The summed E-state index contributed by atoms with van der Waals surface area (Å²) >= 11 is 0. The first-order chi connectivity index (χ1) is 18.6. The maximum absolute atomic E-state index is 6.45. The van der Waals surface area contributed by atoms with Gasteiger partial charge in [0.2, 0.25) is 0 Å². The summed E-state index contributed by atoms with van der Waals surface area (Å²) in [5.74, 6) is 2.06. The highest BCUT2D eigenvalue weighted by molar-refractivity contribution is 5.91. The van der Waals surface area contributed by atoms with Crippen LogP contribution in [0.25, 0.3) is 38.9 Å². The molecule has 0 amide bonds. The molecule has 1 saturated heterocycles. The van der Waals surface area contributed by atoms with Gasteiger partial charge in [0.1, 0.15) is 22.9 Å². The van der Waals surface area contributed by atoms with Crippen LogP contribution in [0.4, 0.5) is 5.82 Å². The number of rotatable bonds is 7. The normalized spacial score (nSPS) is 15.8. The Hall–Kier alpha value is -3.81. The molecule has 5 aromatic rings. The second kappa shape index (κ2) is 10.5. The fraction of sp³-hybridized carbons (Fsp3) is 0.323. The van der Waals surface area contributed by atoms with Gasteiger partial charge in [0.05, 0.1) is 11.2 Å². The third-order valence-electron chi connectivity index (χ3n) is 7.85. The lowest BCUT2D eigenvalue weighted by atomic mass is 10.0. The standard InChI is InChI=1S/C31H35N7/c1-3-22(21-37-17-15-36(2)16-18-37)19-28-35-29(30-31(32)33-13-14-38(28)30)25-10-9-24-11-12-26(34-27(24)20-25)23-7-5-4-6-8-23/h4-14,20,22H,3,15-19,21H2,1-2H3,(H2,32,33)/t22-/m0/s1. The van der Waals surface area contributed by atoms with Crippen LogP contribution in [0.2, 0.25) is 0 Å². The van der Waals surface area contributed by atoms with Gasteiger partial charge in [-0.05, 0) is 25.1 Å². The predicted octanol–water partition coefficient (Wildman–Crippen LogP) is 5.01. The van der Waals surface area contributed by atoms with Crippen molar-refractivity contribution in [2.45, 2.75) is 19.8 Å². The highest BCUT2D eigenvalue weighted by Crippen LogP contribution is 2.32. The quantitative estimate of drug-likeness (QED) is 0.335. The van der Waals surface area contributed by atoms with Gasteiger partial charge in [0.15, 0.2) is 0 Å². The van der Waals surface area contributed by atoms with Crippen LogP contribution < -0.4 is 5.73 Å². The summed E-state index contributed by atoms with van der Waals surface area (Å²) in [6, 6.07) is 20.9. The topological polar surface area (TPSA) is 75.6 Å². The van der Waals surface area contributed by atoms with Gasteiger partial charge in [-0.25, -0.2) is 15.0 Å². The van der Waals surface area contributed by atoms with E-state index in [4.69, 9.17) is 15.7 Å². The van der Waals surface area contributed by atoms with Crippen LogP contribution in [0.5, 0.6) is 0 Å². The molecule has 2 aromatic carbocycles. The number of anilines is 1. The third-order valence-corrected chi connectivity index (χ3v) is 7.85. The lowest BCUT2D eigenvalue weighted by Gasteiger charge is -2.34. The van der Waals surface area contributed by atoms with Crippen LogP contribution in [0.3, 0.4) is 0 Å². The van der Waals surface area contributed by atoms with Gasteiger partial charge >= 0.3 is 0 Å². The van der Waals surface area contributed by atoms with E-state index in [2.05, 4.69) is 75.6 Å². The Morgan fingerprint density at radius 3 is 2.50 bits per heavy atom. The van der Waals surface area contributed by atoms with Crippen molar-refractivity contribution >= 4 is 22.2 Å². The van der Waals surface area contributed by atoms with Crippen LogP contribution in [0.1, 0.15) is 19.2 Å². The number of fused-ring (bicyclic) bond motifs is 2. The SMILES string of the molecule is CC[C@@H](Cc1nc(-c2ccc3ccc(-c4ccccc4)nc3c2)c2c(N)nccn12)CN1CCN(C)CC1. The molecule has 6 rings (SSSR count). The molecule has 0 aliphatic carbocycles. The molecule has 4 heterocycles. The first kappa shape index (κ1) is 24.5. The number of imidazole rings is 1. The Labute approximate surface area is 224 Å². The van der Waals surface area contributed by atoms with E-state index in [1.807, 2.05) is 24.4 Å². The number of aromatic nitrogens is 4. The van der Waals surface area contributed by atoms with Crippen molar-refractivity contribution in [3.63, 3.8) is 0 Å². The minimum absolute atomic E-state index is 0.499. The molecule has 1 fully saturated rings. The largest absolute Gasteiger partial charge is 0.382 e. The number of hydrogen-bond donors (Lipinski definition) is 1. The number of piperazine rings is 1. The summed E-state index contributed by atoms with van der Waals surface area (Å²) in [7, 11) is 2.20. The van der Waals surface area contributed by atoms with Crippen molar-refractivity contribution in [1.29, 1.82) is 0 Å². The molecular weight excluding hydrogens is 470 g/mol. The molecule has 0 spiro atoms. The minimum atomic E-state index is 0.499. The highest BCUT2D eigenvalue weighted by atomic mass is 15.2. The van der Waals surface area contributed by atoms with Crippen molar-refractivity contribution in [1.82, 2.24) is 29.2 Å². The second-order valence-electron chi connectivity index (χ2n) is 10.5. The Balaban J connectivity index is 1.36. The van der Waals surface area contributed by atoms with Crippen LogP contribution in [-0.2, 0) is 6.42 Å². The monoisotopic (exact) mass is 505 g/mol. The van der Waals surface area contributed by atoms with Crippen molar-refractivity contribution in [2.75, 3.05) is 45.5 Å². The Morgan fingerprint density at radius 2 is 1.71 bits per heavy atom. The van der Waals surface area contributed by atoms with E-state index >= 15 is 0 Å². The van der Waals surface area contributed by atoms with E-state index in [1.165, 1.54) is 0 Å². The van der Waals surface area contributed by atoms with Crippen molar-refractivity contribution < 1.29 is 0 Å². The zero-order valence-corrected chi connectivity index (χ0v) is 22.2. The summed E-state index contributed by atoms with van der Waals surface area (Å²) in [5.41, 5.74) is 12.2. The average molecular weight is 506 g/mol. The molecule has 1 aliphatic heterocycles. The van der Waals surface area contributed by atoms with Gasteiger partial charge in [-0.2, -0.15) is 0 Å². The summed E-state index contributed by atoms with van der Waals surface area (Å²) in [6.45, 7) is 7.91. The minimum Gasteiger partial charge on any atom is -0.382 e. The zero-order chi connectivity index (χ0) is 26.1. The Morgan fingerprint density at radius 1 is 0.921 bits per heavy atom. The summed E-state index contributed by atoms with van der Waals surface area (Å²) in [6.07, 6.45) is 5.77. The molecule has 194 valence electrons. The first-order valence-corrected chi connectivity index (χ1v) is 13.6. The van der Waals surface area contributed by atoms with E-state index in [0.717, 1.165) is 90.3 Å².